The molecule has 8 nitrogen and oxygen atoms in total. The molecule has 130 valence electrons. The second-order valence-corrected chi connectivity index (χ2v) is 7.22. The number of aliphatic carboxylic acids is 1. The average molecular weight is 339 g/mol. The summed E-state index contributed by atoms with van der Waals surface area (Å²) in [5.74, 6) is -2.45. The van der Waals surface area contributed by atoms with Crippen molar-refractivity contribution in [1.82, 2.24) is 5.06 Å². The number of carboxylic acid groups (broad SMARTS) is 1. The van der Waals surface area contributed by atoms with E-state index in [1.807, 2.05) is 0 Å². The fraction of sp³-hybridized carbons (Fsp3) is 0.846. The molecule has 2 N–H and O–H groups in total. The topological polar surface area (TPSA) is 113 Å². The number of hydroxylamine groups is 2. The Morgan fingerprint density at radius 2 is 1.68 bits per heavy atom. The highest BCUT2D eigenvalue weighted by Gasteiger charge is 2.32. The van der Waals surface area contributed by atoms with Crippen molar-refractivity contribution in [1.29, 1.82) is 0 Å². The summed E-state index contributed by atoms with van der Waals surface area (Å²) in [6.45, 7) is 7.01. The van der Waals surface area contributed by atoms with Gasteiger partial charge in [0.05, 0.1) is 19.4 Å². The lowest BCUT2D eigenvalue weighted by molar-refractivity contribution is -0.190. The molecule has 0 fully saturated rings. The van der Waals surface area contributed by atoms with Gasteiger partial charge in [0.2, 0.25) is 5.91 Å². The fourth-order valence-electron chi connectivity index (χ4n) is 1.93. The zero-order valence-corrected chi connectivity index (χ0v) is 14.4. The van der Waals surface area contributed by atoms with Crippen LogP contribution in [0.3, 0.4) is 0 Å². The van der Waals surface area contributed by atoms with Crippen LogP contribution in [0.2, 0.25) is 0 Å². The summed E-state index contributed by atoms with van der Waals surface area (Å²) in [6.07, 6.45) is 0.0580. The summed E-state index contributed by atoms with van der Waals surface area (Å²) >= 11 is 0. The van der Waals surface area contributed by atoms with Crippen LogP contribution in [-0.2, 0) is 23.2 Å². The molecule has 0 radical (unpaired) electrons. The Balaban J connectivity index is 4.54. The Morgan fingerprint density at radius 3 is 2.05 bits per heavy atom. The van der Waals surface area contributed by atoms with Gasteiger partial charge < -0.3 is 14.2 Å². The molecule has 0 aliphatic carbocycles. The molecule has 0 aromatic heterocycles. The minimum atomic E-state index is -3.24. The first-order valence-electron chi connectivity index (χ1n) is 7.30. The molecule has 0 heterocycles. The van der Waals surface area contributed by atoms with Gasteiger partial charge in [-0.25, -0.2) is 9.86 Å². The van der Waals surface area contributed by atoms with Crippen LogP contribution in [0.1, 0.15) is 40.5 Å². The molecular weight excluding hydrogens is 313 g/mol. The zero-order chi connectivity index (χ0) is 17.3. The number of amides is 1. The average Bonchev–Trinajstić information content (AvgIpc) is 2.37. The summed E-state index contributed by atoms with van der Waals surface area (Å²) in [7, 11) is -3.24. The quantitative estimate of drug-likeness (QED) is 0.337. The van der Waals surface area contributed by atoms with Crippen molar-refractivity contribution in [3.63, 3.8) is 0 Å². The molecule has 0 aromatic carbocycles. The Morgan fingerprint density at radius 1 is 1.18 bits per heavy atom. The molecule has 0 bridgehead atoms. The molecule has 9 heteroatoms. The standard InChI is InChI=1S/C13H26NO7P/c1-5-20-22(19,21-6-2)9-7-8-11(15)14(18)12(10(3)4)13(16)17/h10,12,18H,5-9H2,1-4H3,(H,16,17). The highest BCUT2D eigenvalue weighted by molar-refractivity contribution is 7.53. The summed E-state index contributed by atoms with van der Waals surface area (Å²) in [6, 6.07) is -1.31. The van der Waals surface area contributed by atoms with Crippen LogP contribution < -0.4 is 0 Å². The maximum absolute atomic E-state index is 12.2. The van der Waals surface area contributed by atoms with Gasteiger partial charge in [0.25, 0.3) is 0 Å². The van der Waals surface area contributed by atoms with Crippen molar-refractivity contribution >= 4 is 19.5 Å². The predicted molar refractivity (Wildman–Crippen MR) is 79.9 cm³/mol. The Hall–Kier alpha value is -0.950. The summed E-state index contributed by atoms with van der Waals surface area (Å²) in [5, 5.41) is 19.0. The minimum absolute atomic E-state index is 0.0354. The molecule has 1 amide bonds. The van der Waals surface area contributed by atoms with Gasteiger partial charge in [-0.15, -0.1) is 0 Å². The van der Waals surface area contributed by atoms with Crippen LogP contribution in [0, 0.1) is 5.92 Å². The summed E-state index contributed by atoms with van der Waals surface area (Å²) < 4.78 is 22.4. The van der Waals surface area contributed by atoms with Gasteiger partial charge >= 0.3 is 13.6 Å². The number of nitrogens with zero attached hydrogens (tertiary/aromatic N) is 1. The summed E-state index contributed by atoms with van der Waals surface area (Å²) in [5.41, 5.74) is 0. The van der Waals surface area contributed by atoms with Crippen LogP contribution >= 0.6 is 7.60 Å². The van der Waals surface area contributed by atoms with E-state index >= 15 is 0 Å². The van der Waals surface area contributed by atoms with E-state index in [0.717, 1.165) is 0 Å². The van der Waals surface area contributed by atoms with E-state index in [0.29, 0.717) is 0 Å². The molecular formula is C13H26NO7P. The van der Waals surface area contributed by atoms with Crippen molar-refractivity contribution in [3.8, 4) is 0 Å². The van der Waals surface area contributed by atoms with E-state index in [4.69, 9.17) is 14.2 Å². The van der Waals surface area contributed by atoms with E-state index in [2.05, 4.69) is 0 Å². The number of hydrogen-bond donors (Lipinski definition) is 2. The normalized spacial score (nSPS) is 13.2. The third kappa shape index (κ3) is 6.87. The highest BCUT2D eigenvalue weighted by atomic mass is 31.2. The molecule has 0 saturated heterocycles. The smallest absolute Gasteiger partial charge is 0.330 e. The maximum Gasteiger partial charge on any atom is 0.330 e. The fourth-order valence-corrected chi connectivity index (χ4v) is 3.59. The number of rotatable bonds is 11. The molecule has 1 atom stereocenters. The number of carbonyl (C=O) groups excluding carboxylic acids is 1. The molecule has 0 aliphatic heterocycles. The third-order valence-corrected chi connectivity index (χ3v) is 5.04. The lowest BCUT2D eigenvalue weighted by Gasteiger charge is -2.25. The van der Waals surface area contributed by atoms with Crippen LogP contribution in [0.5, 0.6) is 0 Å². The lowest BCUT2D eigenvalue weighted by Crippen LogP contribution is -2.46. The SMILES string of the molecule is CCOP(=O)(CCCC(=O)N(O)C(C(=O)O)C(C)C)OCC. The molecule has 0 saturated carbocycles. The number of carbonyl (C=O) groups is 2. The van der Waals surface area contributed by atoms with Crippen LogP contribution in [-0.4, -0.2) is 52.7 Å². The van der Waals surface area contributed by atoms with Crippen LogP contribution in [0.15, 0.2) is 0 Å². The Kier molecular flexibility index (Phi) is 9.51. The molecule has 1 unspecified atom stereocenters. The van der Waals surface area contributed by atoms with Crippen molar-refractivity contribution in [2.24, 2.45) is 5.92 Å². The van der Waals surface area contributed by atoms with Crippen molar-refractivity contribution in [2.75, 3.05) is 19.4 Å². The monoisotopic (exact) mass is 339 g/mol. The van der Waals surface area contributed by atoms with E-state index in [1.165, 1.54) is 0 Å². The largest absolute Gasteiger partial charge is 0.480 e. The summed E-state index contributed by atoms with van der Waals surface area (Å²) in [4.78, 5) is 22.9. The molecule has 0 aliphatic rings. The first kappa shape index (κ1) is 21.0. The van der Waals surface area contributed by atoms with Gasteiger partial charge in [-0.2, -0.15) is 0 Å². The highest BCUT2D eigenvalue weighted by Crippen LogP contribution is 2.48. The van der Waals surface area contributed by atoms with Gasteiger partial charge in [-0.3, -0.25) is 14.6 Å². The second kappa shape index (κ2) is 9.94. The molecule has 0 aromatic rings. The lowest BCUT2D eigenvalue weighted by atomic mass is 10.0. The zero-order valence-electron chi connectivity index (χ0n) is 13.5. The van der Waals surface area contributed by atoms with Gasteiger partial charge in [-0.1, -0.05) is 13.8 Å². The maximum atomic E-state index is 12.2. The Labute approximate surface area is 130 Å². The van der Waals surface area contributed by atoms with E-state index in [1.54, 1.807) is 27.7 Å². The van der Waals surface area contributed by atoms with E-state index in [9.17, 15) is 19.4 Å². The Bertz CT molecular complexity index is 403. The molecule has 0 rings (SSSR count). The van der Waals surface area contributed by atoms with Crippen LogP contribution in [0.25, 0.3) is 0 Å². The van der Waals surface area contributed by atoms with E-state index < -0.39 is 31.4 Å². The van der Waals surface area contributed by atoms with Gasteiger partial charge in [0.15, 0.2) is 6.04 Å². The minimum Gasteiger partial charge on any atom is -0.480 e. The number of hydrogen-bond acceptors (Lipinski definition) is 6. The molecule has 0 spiro atoms. The van der Waals surface area contributed by atoms with Crippen LogP contribution in [0.4, 0.5) is 0 Å². The van der Waals surface area contributed by atoms with Crippen molar-refractivity contribution in [3.05, 3.63) is 0 Å². The van der Waals surface area contributed by atoms with Gasteiger partial charge in [0.1, 0.15) is 0 Å². The first-order chi connectivity index (χ1) is 10.2. The molecule has 22 heavy (non-hydrogen) atoms. The van der Waals surface area contributed by atoms with E-state index in [-0.39, 0.29) is 37.3 Å². The third-order valence-electron chi connectivity index (χ3n) is 2.88. The predicted octanol–water partition coefficient (Wildman–Crippen LogP) is 2.36. The second-order valence-electron chi connectivity index (χ2n) is 5.04. The van der Waals surface area contributed by atoms with Gasteiger partial charge in [-0.05, 0) is 26.2 Å². The van der Waals surface area contributed by atoms with Gasteiger partial charge in [0, 0.05) is 6.42 Å². The van der Waals surface area contributed by atoms with Crippen molar-refractivity contribution in [2.45, 2.75) is 46.6 Å². The van der Waals surface area contributed by atoms with Crippen molar-refractivity contribution < 1.29 is 33.5 Å². The first-order valence-corrected chi connectivity index (χ1v) is 9.03. The number of carboxylic acids is 1.